The lowest BCUT2D eigenvalue weighted by molar-refractivity contribution is -0.137. The van der Waals surface area contributed by atoms with Crippen LogP contribution < -0.4 is 5.73 Å². The summed E-state index contributed by atoms with van der Waals surface area (Å²) in [6, 6.07) is 8.74. The van der Waals surface area contributed by atoms with Crippen LogP contribution in [0.15, 0.2) is 48.8 Å². The summed E-state index contributed by atoms with van der Waals surface area (Å²) in [6.07, 6.45) is -0.840. The molecule has 2 aromatic heterocycles. The summed E-state index contributed by atoms with van der Waals surface area (Å²) in [4.78, 5) is 4.27. The zero-order chi connectivity index (χ0) is 15.0. The molecule has 0 spiro atoms. The van der Waals surface area contributed by atoms with Crippen molar-refractivity contribution in [2.45, 2.75) is 12.7 Å². The van der Waals surface area contributed by atoms with Crippen LogP contribution in [0, 0.1) is 0 Å². The quantitative estimate of drug-likeness (QED) is 0.785. The van der Waals surface area contributed by atoms with Crippen molar-refractivity contribution in [3.8, 4) is 11.4 Å². The van der Waals surface area contributed by atoms with E-state index in [9.17, 15) is 13.2 Å². The molecule has 0 aliphatic carbocycles. The number of aromatic nitrogens is 2. The van der Waals surface area contributed by atoms with Gasteiger partial charge in [0, 0.05) is 18.3 Å². The molecule has 0 radical (unpaired) electrons. The minimum atomic E-state index is -4.33. The number of hydrogen-bond donors (Lipinski definition) is 1. The smallest absolute Gasteiger partial charge is 0.326 e. The number of halogens is 3. The van der Waals surface area contributed by atoms with Crippen LogP contribution in [-0.4, -0.2) is 9.38 Å². The van der Waals surface area contributed by atoms with E-state index >= 15 is 0 Å². The van der Waals surface area contributed by atoms with Gasteiger partial charge in [-0.05, 0) is 29.8 Å². The summed E-state index contributed by atoms with van der Waals surface area (Å²) >= 11 is 0. The van der Waals surface area contributed by atoms with E-state index in [0.29, 0.717) is 17.9 Å². The Morgan fingerprint density at radius 3 is 2.43 bits per heavy atom. The molecule has 0 amide bonds. The van der Waals surface area contributed by atoms with E-state index in [1.54, 1.807) is 6.20 Å². The van der Waals surface area contributed by atoms with Gasteiger partial charge >= 0.3 is 6.18 Å². The first-order chi connectivity index (χ1) is 9.99. The maximum Gasteiger partial charge on any atom is 0.416 e. The molecule has 108 valence electrons. The minimum Gasteiger partial charge on any atom is -0.326 e. The van der Waals surface area contributed by atoms with Crippen LogP contribution in [0.3, 0.4) is 0 Å². The van der Waals surface area contributed by atoms with Gasteiger partial charge in [-0.2, -0.15) is 13.2 Å². The molecule has 0 saturated heterocycles. The Morgan fingerprint density at radius 1 is 1.10 bits per heavy atom. The zero-order valence-electron chi connectivity index (χ0n) is 10.9. The normalized spacial score (nSPS) is 12.0. The number of fused-ring (bicyclic) bond motifs is 1. The predicted octanol–water partition coefficient (Wildman–Crippen LogP) is 3.48. The molecule has 0 aliphatic rings. The Morgan fingerprint density at radius 2 is 1.81 bits per heavy atom. The zero-order valence-corrected chi connectivity index (χ0v) is 10.9. The number of hydrogen-bond acceptors (Lipinski definition) is 2. The number of nitrogens with two attached hydrogens (primary N) is 1. The van der Waals surface area contributed by atoms with Crippen molar-refractivity contribution in [1.29, 1.82) is 0 Å². The van der Waals surface area contributed by atoms with Gasteiger partial charge in [-0.25, -0.2) is 4.98 Å². The minimum absolute atomic E-state index is 0.428. The molecule has 3 aromatic rings. The average Bonchev–Trinajstić information content (AvgIpc) is 2.89. The van der Waals surface area contributed by atoms with Crippen LogP contribution in [0.5, 0.6) is 0 Å². The maximum atomic E-state index is 12.6. The summed E-state index contributed by atoms with van der Waals surface area (Å²) < 4.78 is 39.5. The van der Waals surface area contributed by atoms with Gasteiger partial charge in [0.2, 0.25) is 0 Å². The number of pyridine rings is 1. The third-order valence-electron chi connectivity index (χ3n) is 3.30. The van der Waals surface area contributed by atoms with E-state index in [1.165, 1.54) is 12.1 Å². The Labute approximate surface area is 118 Å². The maximum absolute atomic E-state index is 12.6. The van der Waals surface area contributed by atoms with Crippen LogP contribution in [0.1, 0.15) is 11.1 Å². The van der Waals surface area contributed by atoms with Crippen molar-refractivity contribution in [2.75, 3.05) is 0 Å². The van der Waals surface area contributed by atoms with E-state index in [0.717, 1.165) is 23.2 Å². The molecule has 0 aliphatic heterocycles. The highest BCUT2D eigenvalue weighted by Crippen LogP contribution is 2.30. The fraction of sp³-hybridized carbons (Fsp3) is 0.133. The summed E-state index contributed by atoms with van der Waals surface area (Å²) in [5.74, 6) is 0.599. The highest BCUT2D eigenvalue weighted by atomic mass is 19.4. The Kier molecular flexibility index (Phi) is 3.17. The first-order valence-corrected chi connectivity index (χ1v) is 6.33. The van der Waals surface area contributed by atoms with Crippen LogP contribution in [0.4, 0.5) is 13.2 Å². The number of benzene rings is 1. The van der Waals surface area contributed by atoms with Gasteiger partial charge in [-0.15, -0.1) is 0 Å². The standard InChI is InChI=1S/C15H12F3N3/c16-15(17,18)12-3-1-11(2-4-12)14-20-9-13-7-10(8-19)5-6-21(13)14/h1-7,9H,8,19H2. The Balaban J connectivity index is 2.04. The largest absolute Gasteiger partial charge is 0.416 e. The van der Waals surface area contributed by atoms with Crippen molar-refractivity contribution < 1.29 is 13.2 Å². The number of nitrogens with zero attached hydrogens (tertiary/aromatic N) is 2. The number of rotatable bonds is 2. The molecule has 0 saturated carbocycles. The molecular formula is C15H12F3N3. The topological polar surface area (TPSA) is 43.3 Å². The predicted molar refractivity (Wildman–Crippen MR) is 73.5 cm³/mol. The Bertz CT molecular complexity index is 773. The fourth-order valence-electron chi connectivity index (χ4n) is 2.19. The van der Waals surface area contributed by atoms with Gasteiger partial charge < -0.3 is 5.73 Å². The van der Waals surface area contributed by atoms with Crippen molar-refractivity contribution >= 4 is 5.52 Å². The molecule has 0 fully saturated rings. The van der Waals surface area contributed by atoms with Gasteiger partial charge in [0.15, 0.2) is 0 Å². The monoisotopic (exact) mass is 291 g/mol. The van der Waals surface area contributed by atoms with Gasteiger partial charge in [0.1, 0.15) is 5.82 Å². The summed E-state index contributed by atoms with van der Waals surface area (Å²) in [6.45, 7) is 0.428. The van der Waals surface area contributed by atoms with Gasteiger partial charge in [0.05, 0.1) is 17.3 Å². The van der Waals surface area contributed by atoms with Crippen LogP contribution >= 0.6 is 0 Å². The lowest BCUT2D eigenvalue weighted by Gasteiger charge is -2.07. The van der Waals surface area contributed by atoms with E-state index in [-0.39, 0.29) is 0 Å². The highest BCUT2D eigenvalue weighted by Gasteiger charge is 2.30. The van der Waals surface area contributed by atoms with Crippen LogP contribution in [0.25, 0.3) is 16.9 Å². The molecule has 1 aromatic carbocycles. The fourth-order valence-corrected chi connectivity index (χ4v) is 2.19. The third kappa shape index (κ3) is 2.50. The molecule has 21 heavy (non-hydrogen) atoms. The number of imidazole rings is 1. The second-order valence-electron chi connectivity index (χ2n) is 4.69. The van der Waals surface area contributed by atoms with Gasteiger partial charge in [0.25, 0.3) is 0 Å². The summed E-state index contributed by atoms with van der Waals surface area (Å²) in [5, 5.41) is 0. The molecule has 3 rings (SSSR count). The SMILES string of the molecule is NCc1ccn2c(-c3ccc(C(F)(F)F)cc3)ncc2c1. The van der Waals surface area contributed by atoms with E-state index in [2.05, 4.69) is 4.98 Å². The lowest BCUT2D eigenvalue weighted by atomic mass is 10.1. The third-order valence-corrected chi connectivity index (χ3v) is 3.30. The van der Waals surface area contributed by atoms with Gasteiger partial charge in [-0.1, -0.05) is 12.1 Å². The summed E-state index contributed by atoms with van der Waals surface area (Å²) in [5.41, 5.74) is 7.37. The molecule has 6 heteroatoms. The van der Waals surface area contributed by atoms with Crippen molar-refractivity contribution in [3.05, 3.63) is 59.9 Å². The summed E-state index contributed by atoms with van der Waals surface area (Å²) in [7, 11) is 0. The van der Waals surface area contributed by atoms with E-state index in [1.807, 2.05) is 22.7 Å². The highest BCUT2D eigenvalue weighted by molar-refractivity contribution is 5.63. The number of alkyl halides is 3. The van der Waals surface area contributed by atoms with E-state index < -0.39 is 11.7 Å². The average molecular weight is 291 g/mol. The van der Waals surface area contributed by atoms with E-state index in [4.69, 9.17) is 5.73 Å². The van der Waals surface area contributed by atoms with Crippen LogP contribution in [-0.2, 0) is 12.7 Å². The van der Waals surface area contributed by atoms with Crippen molar-refractivity contribution in [1.82, 2.24) is 9.38 Å². The molecule has 0 unspecified atom stereocenters. The van der Waals surface area contributed by atoms with Crippen molar-refractivity contribution in [2.24, 2.45) is 5.73 Å². The molecule has 2 N–H and O–H groups in total. The first-order valence-electron chi connectivity index (χ1n) is 6.33. The molecule has 0 atom stereocenters. The molecule has 2 heterocycles. The molecule has 0 bridgehead atoms. The Hall–Kier alpha value is -2.34. The van der Waals surface area contributed by atoms with Crippen LogP contribution in [0.2, 0.25) is 0 Å². The molecule has 3 nitrogen and oxygen atoms in total. The first kappa shape index (κ1) is 13.6. The van der Waals surface area contributed by atoms with Crippen molar-refractivity contribution in [3.63, 3.8) is 0 Å². The second-order valence-corrected chi connectivity index (χ2v) is 4.69. The second kappa shape index (κ2) is 4.89. The molecular weight excluding hydrogens is 279 g/mol. The van der Waals surface area contributed by atoms with Gasteiger partial charge in [-0.3, -0.25) is 4.40 Å². The lowest BCUT2D eigenvalue weighted by Crippen LogP contribution is -2.04.